The van der Waals surface area contributed by atoms with Crippen molar-refractivity contribution in [1.82, 2.24) is 0 Å². The van der Waals surface area contributed by atoms with Crippen LogP contribution in [0.25, 0.3) is 0 Å². The van der Waals surface area contributed by atoms with Gasteiger partial charge in [-0.15, -0.1) is 0 Å². The molecule has 1 aromatic rings. The van der Waals surface area contributed by atoms with Crippen molar-refractivity contribution < 1.29 is 9.13 Å². The lowest BCUT2D eigenvalue weighted by Crippen LogP contribution is -2.38. The molecule has 14 heavy (non-hydrogen) atoms. The molecule has 0 bridgehead atoms. The normalized spacial score (nSPS) is 20.2. The minimum atomic E-state index is -0.242. The van der Waals surface area contributed by atoms with Gasteiger partial charge in [-0.3, -0.25) is 0 Å². The van der Waals surface area contributed by atoms with Crippen LogP contribution in [0, 0.1) is 5.82 Å². The molecule has 0 aliphatic carbocycles. The minimum Gasteiger partial charge on any atom is -0.487 e. The summed E-state index contributed by atoms with van der Waals surface area (Å²) in [5, 5.41) is 0. The zero-order valence-corrected chi connectivity index (χ0v) is 8.46. The fourth-order valence-electron chi connectivity index (χ4n) is 1.81. The first kappa shape index (κ1) is 9.31. The second-order valence-electron chi connectivity index (χ2n) is 3.58. The molecule has 0 radical (unpaired) electrons. The summed E-state index contributed by atoms with van der Waals surface area (Å²) in [6.07, 6.45) is 0.129. The van der Waals surface area contributed by atoms with Crippen LogP contribution in [0.1, 0.15) is 13.8 Å². The van der Waals surface area contributed by atoms with Gasteiger partial charge in [-0.1, -0.05) is 0 Å². The van der Waals surface area contributed by atoms with Crippen LogP contribution in [-0.4, -0.2) is 19.2 Å². The first-order valence-electron chi connectivity index (χ1n) is 4.92. The second-order valence-corrected chi connectivity index (χ2v) is 3.58. The Labute approximate surface area is 83.3 Å². The van der Waals surface area contributed by atoms with Gasteiger partial charge in [0.05, 0.1) is 12.2 Å². The molecule has 1 aliphatic heterocycles. The number of halogens is 1. The third-order valence-electron chi connectivity index (χ3n) is 2.45. The van der Waals surface area contributed by atoms with Crippen molar-refractivity contribution >= 4 is 5.69 Å². The molecule has 0 aromatic heterocycles. The highest BCUT2D eigenvalue weighted by Gasteiger charge is 2.21. The van der Waals surface area contributed by atoms with Gasteiger partial charge in [0.15, 0.2) is 0 Å². The Hall–Kier alpha value is -1.25. The summed E-state index contributed by atoms with van der Waals surface area (Å²) in [4.78, 5) is 2.20. The summed E-state index contributed by atoms with van der Waals surface area (Å²) in [5.74, 6) is 0.416. The predicted octanol–water partition coefficient (Wildman–Crippen LogP) is 2.43. The average molecular weight is 195 g/mol. The summed E-state index contributed by atoms with van der Waals surface area (Å²) in [5.41, 5.74) is 0.993. The summed E-state index contributed by atoms with van der Waals surface area (Å²) in [6.45, 7) is 5.88. The van der Waals surface area contributed by atoms with Crippen molar-refractivity contribution in [1.29, 1.82) is 0 Å². The van der Waals surface area contributed by atoms with Gasteiger partial charge in [-0.2, -0.15) is 0 Å². The summed E-state index contributed by atoms with van der Waals surface area (Å²) in [6, 6.07) is 4.70. The van der Waals surface area contributed by atoms with Crippen LogP contribution < -0.4 is 9.64 Å². The Morgan fingerprint density at radius 3 is 3.07 bits per heavy atom. The summed E-state index contributed by atoms with van der Waals surface area (Å²) in [7, 11) is 0. The van der Waals surface area contributed by atoms with Gasteiger partial charge in [0.1, 0.15) is 17.7 Å². The van der Waals surface area contributed by atoms with Crippen LogP contribution in [0.4, 0.5) is 10.1 Å². The molecule has 1 heterocycles. The number of likely N-dealkylation sites (N-methyl/N-ethyl adjacent to an activating group) is 1. The van der Waals surface area contributed by atoms with Crippen molar-refractivity contribution in [3.05, 3.63) is 24.0 Å². The molecule has 1 aromatic carbocycles. The van der Waals surface area contributed by atoms with Gasteiger partial charge in [0.2, 0.25) is 0 Å². The molecule has 1 atom stereocenters. The Morgan fingerprint density at radius 1 is 1.57 bits per heavy atom. The van der Waals surface area contributed by atoms with E-state index in [0.717, 1.165) is 18.8 Å². The van der Waals surface area contributed by atoms with E-state index >= 15 is 0 Å². The Kier molecular flexibility index (Phi) is 2.32. The van der Waals surface area contributed by atoms with E-state index in [0.29, 0.717) is 5.75 Å². The van der Waals surface area contributed by atoms with E-state index in [-0.39, 0.29) is 11.9 Å². The second kappa shape index (κ2) is 3.48. The van der Waals surface area contributed by atoms with Crippen molar-refractivity contribution in [3.63, 3.8) is 0 Å². The van der Waals surface area contributed by atoms with Gasteiger partial charge >= 0.3 is 0 Å². The van der Waals surface area contributed by atoms with Gasteiger partial charge in [0, 0.05) is 12.6 Å². The number of benzene rings is 1. The molecule has 76 valence electrons. The van der Waals surface area contributed by atoms with Crippen LogP contribution >= 0.6 is 0 Å². The number of fused-ring (bicyclic) bond motifs is 1. The van der Waals surface area contributed by atoms with Crippen LogP contribution in [-0.2, 0) is 0 Å². The maximum absolute atomic E-state index is 13.0. The van der Waals surface area contributed by atoms with Crippen molar-refractivity contribution in [2.24, 2.45) is 0 Å². The van der Waals surface area contributed by atoms with Gasteiger partial charge in [-0.05, 0) is 26.0 Å². The molecule has 0 amide bonds. The maximum Gasteiger partial charge on any atom is 0.146 e. The standard InChI is InChI=1S/C11H14FNO/c1-3-13-7-8(2)14-11-6-9(12)4-5-10(11)13/h4-6,8H,3,7H2,1-2H3. The lowest BCUT2D eigenvalue weighted by Gasteiger charge is -2.34. The Balaban J connectivity index is 2.40. The van der Waals surface area contributed by atoms with Crippen LogP contribution in [0.5, 0.6) is 5.75 Å². The molecule has 0 fully saturated rings. The number of rotatable bonds is 1. The lowest BCUT2D eigenvalue weighted by molar-refractivity contribution is 0.212. The molecule has 0 N–H and O–H groups in total. The van der Waals surface area contributed by atoms with E-state index in [9.17, 15) is 4.39 Å². The van der Waals surface area contributed by atoms with E-state index in [1.165, 1.54) is 12.1 Å². The zero-order chi connectivity index (χ0) is 10.1. The number of hydrogen-bond acceptors (Lipinski definition) is 2. The molecule has 1 aliphatic rings. The zero-order valence-electron chi connectivity index (χ0n) is 8.46. The summed E-state index contributed by atoms with van der Waals surface area (Å²) < 4.78 is 18.5. The van der Waals surface area contributed by atoms with E-state index in [2.05, 4.69) is 11.8 Å². The first-order valence-corrected chi connectivity index (χ1v) is 4.92. The topological polar surface area (TPSA) is 12.5 Å². The molecule has 3 heteroatoms. The number of hydrogen-bond donors (Lipinski definition) is 0. The minimum absolute atomic E-state index is 0.129. The average Bonchev–Trinajstić information content (AvgIpc) is 2.15. The SMILES string of the molecule is CCN1CC(C)Oc2cc(F)ccc21. The van der Waals surface area contributed by atoms with Crippen LogP contribution in [0.3, 0.4) is 0 Å². The van der Waals surface area contributed by atoms with Crippen LogP contribution in [0.15, 0.2) is 18.2 Å². The molecule has 2 nitrogen and oxygen atoms in total. The fraction of sp³-hybridized carbons (Fsp3) is 0.455. The smallest absolute Gasteiger partial charge is 0.146 e. The third kappa shape index (κ3) is 1.54. The largest absolute Gasteiger partial charge is 0.487 e. The van der Waals surface area contributed by atoms with E-state index in [1.54, 1.807) is 6.07 Å². The molecule has 1 unspecified atom stereocenters. The van der Waals surface area contributed by atoms with E-state index < -0.39 is 0 Å². The van der Waals surface area contributed by atoms with Gasteiger partial charge < -0.3 is 9.64 Å². The maximum atomic E-state index is 13.0. The number of anilines is 1. The number of nitrogens with zero attached hydrogens (tertiary/aromatic N) is 1. The molecular formula is C11H14FNO. The highest BCUT2D eigenvalue weighted by molar-refractivity contribution is 5.60. The van der Waals surface area contributed by atoms with Gasteiger partial charge in [0.25, 0.3) is 0 Å². The lowest BCUT2D eigenvalue weighted by atomic mass is 10.2. The van der Waals surface area contributed by atoms with Crippen molar-refractivity contribution in [3.8, 4) is 5.75 Å². The highest BCUT2D eigenvalue weighted by Crippen LogP contribution is 2.33. The fourth-order valence-corrected chi connectivity index (χ4v) is 1.81. The van der Waals surface area contributed by atoms with Gasteiger partial charge in [-0.25, -0.2) is 4.39 Å². The van der Waals surface area contributed by atoms with E-state index in [4.69, 9.17) is 4.74 Å². The van der Waals surface area contributed by atoms with Crippen molar-refractivity contribution in [2.75, 3.05) is 18.0 Å². The molecule has 0 saturated heterocycles. The molecule has 0 saturated carbocycles. The first-order chi connectivity index (χ1) is 6.70. The third-order valence-corrected chi connectivity index (χ3v) is 2.45. The Morgan fingerprint density at radius 2 is 2.36 bits per heavy atom. The highest BCUT2D eigenvalue weighted by atomic mass is 19.1. The van der Waals surface area contributed by atoms with E-state index in [1.807, 2.05) is 6.92 Å². The quantitative estimate of drug-likeness (QED) is 0.682. The monoisotopic (exact) mass is 195 g/mol. The number of ether oxygens (including phenoxy) is 1. The Bertz CT molecular complexity index is 340. The molecule has 2 rings (SSSR count). The summed E-state index contributed by atoms with van der Waals surface area (Å²) >= 11 is 0. The molecular weight excluding hydrogens is 181 g/mol. The van der Waals surface area contributed by atoms with Crippen molar-refractivity contribution in [2.45, 2.75) is 20.0 Å². The van der Waals surface area contributed by atoms with Crippen LogP contribution in [0.2, 0.25) is 0 Å². The molecule has 0 spiro atoms. The predicted molar refractivity (Wildman–Crippen MR) is 54.4 cm³/mol.